The summed E-state index contributed by atoms with van der Waals surface area (Å²) in [6, 6.07) is 12.9. The number of hydroxylamine groups is 2. The largest absolute Gasteiger partial charge is 0.285 e. The highest BCUT2D eigenvalue weighted by Crippen LogP contribution is 2.24. The predicted molar refractivity (Wildman–Crippen MR) is 77.6 cm³/mol. The van der Waals surface area contributed by atoms with E-state index in [0.29, 0.717) is 11.1 Å². The molecule has 0 radical (unpaired) electrons. The Morgan fingerprint density at radius 1 is 0.857 bits per heavy atom. The van der Waals surface area contributed by atoms with Crippen molar-refractivity contribution in [3.8, 4) is 0 Å². The third-order valence-corrected chi connectivity index (χ3v) is 3.49. The summed E-state index contributed by atoms with van der Waals surface area (Å²) in [6.45, 7) is 4.07. The maximum Gasteiger partial charge on any atom is 0.285 e. The molecular weight excluding hydrogens is 266 g/mol. The fraction of sp³-hybridized carbons (Fsp3) is 0.176. The molecule has 0 saturated heterocycles. The molecule has 0 atom stereocenters. The molecule has 0 aliphatic carbocycles. The smallest absolute Gasteiger partial charge is 0.266 e. The Labute approximate surface area is 122 Å². The molecule has 2 amide bonds. The molecule has 0 N–H and O–H groups in total. The molecule has 106 valence electrons. The summed E-state index contributed by atoms with van der Waals surface area (Å²) in [5, 5.41) is 0.851. The van der Waals surface area contributed by atoms with Gasteiger partial charge in [-0.15, -0.1) is 5.06 Å². The first kappa shape index (κ1) is 13.5. The first-order valence-electron chi connectivity index (χ1n) is 6.74. The lowest BCUT2D eigenvalue weighted by Crippen LogP contribution is -2.29. The van der Waals surface area contributed by atoms with E-state index in [1.165, 1.54) is 0 Å². The zero-order valence-corrected chi connectivity index (χ0v) is 11.9. The van der Waals surface area contributed by atoms with Crippen LogP contribution in [0.2, 0.25) is 0 Å². The Bertz CT molecular complexity index is 719. The number of hydrogen-bond acceptors (Lipinski definition) is 3. The molecular formula is C17H15NO3. The molecule has 2 aromatic rings. The molecule has 0 aromatic heterocycles. The van der Waals surface area contributed by atoms with Gasteiger partial charge in [0.1, 0.15) is 6.61 Å². The van der Waals surface area contributed by atoms with E-state index in [4.69, 9.17) is 4.84 Å². The summed E-state index contributed by atoms with van der Waals surface area (Å²) in [5.41, 5.74) is 3.80. The summed E-state index contributed by atoms with van der Waals surface area (Å²) >= 11 is 0. The quantitative estimate of drug-likeness (QED) is 0.812. The predicted octanol–water partition coefficient (Wildman–Crippen LogP) is 3.03. The Morgan fingerprint density at radius 2 is 1.48 bits per heavy atom. The highest BCUT2D eigenvalue weighted by Gasteiger charge is 2.36. The van der Waals surface area contributed by atoms with E-state index in [1.807, 2.05) is 44.2 Å². The minimum Gasteiger partial charge on any atom is -0.266 e. The average Bonchev–Trinajstić information content (AvgIpc) is 2.70. The Kier molecular flexibility index (Phi) is 3.31. The van der Waals surface area contributed by atoms with Crippen LogP contribution in [0.25, 0.3) is 0 Å². The van der Waals surface area contributed by atoms with Crippen LogP contribution in [0, 0.1) is 13.8 Å². The maximum absolute atomic E-state index is 12.2. The van der Waals surface area contributed by atoms with Gasteiger partial charge in [0.2, 0.25) is 0 Å². The number of imide groups is 1. The van der Waals surface area contributed by atoms with Crippen molar-refractivity contribution in [3.63, 3.8) is 0 Å². The first-order chi connectivity index (χ1) is 10.1. The van der Waals surface area contributed by atoms with Gasteiger partial charge in [0.05, 0.1) is 11.1 Å². The van der Waals surface area contributed by atoms with Gasteiger partial charge in [0, 0.05) is 0 Å². The lowest BCUT2D eigenvalue weighted by molar-refractivity contribution is -0.101. The highest BCUT2D eigenvalue weighted by molar-refractivity contribution is 6.20. The van der Waals surface area contributed by atoms with Crippen molar-refractivity contribution in [3.05, 3.63) is 70.3 Å². The zero-order chi connectivity index (χ0) is 15.0. The highest BCUT2D eigenvalue weighted by atomic mass is 16.7. The number of carbonyl (C=O) groups is 2. The van der Waals surface area contributed by atoms with E-state index in [9.17, 15) is 9.59 Å². The number of carbonyl (C=O) groups excluding carboxylic acids is 2. The molecule has 0 spiro atoms. The third-order valence-electron chi connectivity index (χ3n) is 3.49. The fourth-order valence-electron chi connectivity index (χ4n) is 2.27. The molecule has 2 aromatic carbocycles. The molecule has 0 saturated carbocycles. The number of aryl methyl sites for hydroxylation is 2. The molecule has 1 aliphatic heterocycles. The van der Waals surface area contributed by atoms with E-state index < -0.39 is 11.8 Å². The summed E-state index contributed by atoms with van der Waals surface area (Å²) < 4.78 is 0. The van der Waals surface area contributed by atoms with Crippen molar-refractivity contribution >= 4 is 11.8 Å². The molecule has 0 unspecified atom stereocenters. The van der Waals surface area contributed by atoms with Gasteiger partial charge in [-0.25, -0.2) is 0 Å². The normalized spacial score (nSPS) is 13.7. The van der Waals surface area contributed by atoms with Crippen molar-refractivity contribution < 1.29 is 14.4 Å². The minimum atomic E-state index is -0.401. The fourth-order valence-corrected chi connectivity index (χ4v) is 2.27. The molecule has 4 nitrogen and oxygen atoms in total. The van der Waals surface area contributed by atoms with E-state index in [-0.39, 0.29) is 6.61 Å². The van der Waals surface area contributed by atoms with E-state index in [0.717, 1.165) is 21.8 Å². The topological polar surface area (TPSA) is 46.6 Å². The lowest BCUT2D eigenvalue weighted by Gasteiger charge is -2.13. The second kappa shape index (κ2) is 5.14. The molecule has 1 aliphatic rings. The van der Waals surface area contributed by atoms with Gasteiger partial charge in [0.25, 0.3) is 11.8 Å². The molecule has 1 heterocycles. The number of rotatable bonds is 3. The summed E-state index contributed by atoms with van der Waals surface area (Å²) in [4.78, 5) is 29.8. The molecule has 0 fully saturated rings. The molecule has 4 heteroatoms. The number of amides is 2. The second-order valence-electron chi connectivity index (χ2n) is 5.21. The summed E-state index contributed by atoms with van der Waals surface area (Å²) in [7, 11) is 0. The Hall–Kier alpha value is -2.46. The van der Waals surface area contributed by atoms with Gasteiger partial charge in [-0.05, 0) is 31.5 Å². The van der Waals surface area contributed by atoms with Crippen LogP contribution in [0.5, 0.6) is 0 Å². The average molecular weight is 281 g/mol. The van der Waals surface area contributed by atoms with E-state index in [2.05, 4.69) is 0 Å². The van der Waals surface area contributed by atoms with E-state index in [1.54, 1.807) is 12.1 Å². The van der Waals surface area contributed by atoms with Crippen LogP contribution in [0.15, 0.2) is 42.5 Å². The van der Waals surface area contributed by atoms with E-state index >= 15 is 0 Å². The molecule has 21 heavy (non-hydrogen) atoms. The van der Waals surface area contributed by atoms with Crippen LogP contribution >= 0.6 is 0 Å². The van der Waals surface area contributed by atoms with Crippen molar-refractivity contribution in [1.29, 1.82) is 0 Å². The zero-order valence-electron chi connectivity index (χ0n) is 11.9. The van der Waals surface area contributed by atoms with Crippen LogP contribution in [-0.4, -0.2) is 16.9 Å². The number of hydrogen-bond donors (Lipinski definition) is 0. The Morgan fingerprint density at radius 3 is 2.19 bits per heavy atom. The standard InChI is InChI=1S/C17H15NO3/c1-11-3-6-13(7-4-11)10-21-18-16(19)14-8-5-12(2)9-15(14)17(18)20/h3-9H,10H2,1-2H3. The van der Waals surface area contributed by atoms with Crippen LogP contribution < -0.4 is 0 Å². The van der Waals surface area contributed by atoms with Crippen LogP contribution in [0.1, 0.15) is 37.4 Å². The van der Waals surface area contributed by atoms with Gasteiger partial charge in [-0.2, -0.15) is 0 Å². The first-order valence-corrected chi connectivity index (χ1v) is 6.74. The summed E-state index contributed by atoms with van der Waals surface area (Å²) in [5.74, 6) is -0.798. The maximum atomic E-state index is 12.2. The van der Waals surface area contributed by atoms with Crippen LogP contribution in [-0.2, 0) is 11.4 Å². The molecule has 0 bridgehead atoms. The number of fused-ring (bicyclic) bond motifs is 1. The number of nitrogens with zero attached hydrogens (tertiary/aromatic N) is 1. The van der Waals surface area contributed by atoms with Crippen molar-refractivity contribution in [1.82, 2.24) is 5.06 Å². The SMILES string of the molecule is Cc1ccc(CON2C(=O)c3ccc(C)cc3C2=O)cc1. The van der Waals surface area contributed by atoms with Gasteiger partial charge >= 0.3 is 0 Å². The Balaban J connectivity index is 1.77. The van der Waals surface area contributed by atoms with Crippen LogP contribution in [0.4, 0.5) is 0 Å². The van der Waals surface area contributed by atoms with Gasteiger partial charge < -0.3 is 0 Å². The second-order valence-corrected chi connectivity index (χ2v) is 5.21. The van der Waals surface area contributed by atoms with Crippen molar-refractivity contribution in [2.45, 2.75) is 20.5 Å². The van der Waals surface area contributed by atoms with Gasteiger partial charge in [-0.1, -0.05) is 41.5 Å². The van der Waals surface area contributed by atoms with Crippen molar-refractivity contribution in [2.75, 3.05) is 0 Å². The monoisotopic (exact) mass is 281 g/mol. The molecule has 3 rings (SSSR count). The number of benzene rings is 2. The van der Waals surface area contributed by atoms with Crippen molar-refractivity contribution in [2.24, 2.45) is 0 Å². The third kappa shape index (κ3) is 2.45. The van der Waals surface area contributed by atoms with Gasteiger partial charge in [0.15, 0.2) is 0 Å². The summed E-state index contributed by atoms with van der Waals surface area (Å²) in [6.07, 6.45) is 0. The van der Waals surface area contributed by atoms with Gasteiger partial charge in [-0.3, -0.25) is 14.4 Å². The lowest BCUT2D eigenvalue weighted by atomic mass is 10.1. The minimum absolute atomic E-state index is 0.185. The van der Waals surface area contributed by atoms with Crippen LogP contribution in [0.3, 0.4) is 0 Å².